The number of aliphatic carboxylic acids is 1. The molecule has 1 N–H and O–H groups in total. The van der Waals surface area contributed by atoms with Gasteiger partial charge in [0.15, 0.2) is 0 Å². The van der Waals surface area contributed by atoms with Gasteiger partial charge in [-0.2, -0.15) is 28.5 Å². The Hall–Kier alpha value is -3.02. The fourth-order valence-corrected chi connectivity index (χ4v) is 2.72. The summed E-state index contributed by atoms with van der Waals surface area (Å²) in [5.41, 5.74) is 2.77. The lowest BCUT2D eigenvalue weighted by Crippen LogP contribution is -2.40. The highest BCUT2D eigenvalue weighted by Gasteiger charge is 2.38. The largest absolute Gasteiger partial charge is 0.490 e. The van der Waals surface area contributed by atoms with Crippen LogP contribution in [0.3, 0.4) is 0 Å². The minimum atomic E-state index is -5.08. The van der Waals surface area contributed by atoms with Crippen molar-refractivity contribution in [3.63, 3.8) is 0 Å². The van der Waals surface area contributed by atoms with Crippen LogP contribution in [0, 0.1) is 0 Å². The van der Waals surface area contributed by atoms with Crippen molar-refractivity contribution in [1.29, 1.82) is 0 Å². The van der Waals surface area contributed by atoms with Crippen LogP contribution in [0.1, 0.15) is 27.5 Å². The van der Waals surface area contributed by atoms with Gasteiger partial charge in [-0.15, -0.1) is 0 Å². The van der Waals surface area contributed by atoms with Crippen LogP contribution in [-0.4, -0.2) is 68.3 Å². The molecule has 152 valence electrons. The molecule has 1 amide bonds. The van der Waals surface area contributed by atoms with Crippen LogP contribution in [0.4, 0.5) is 13.2 Å². The van der Waals surface area contributed by atoms with E-state index in [1.165, 1.54) is 12.4 Å². The first-order valence-electron chi connectivity index (χ1n) is 8.01. The molecule has 3 rings (SSSR count). The van der Waals surface area contributed by atoms with Gasteiger partial charge in [0.05, 0.1) is 43.0 Å². The minimum Gasteiger partial charge on any atom is -0.475 e. The Morgan fingerprint density at radius 2 is 2.00 bits per heavy atom. The van der Waals surface area contributed by atoms with Crippen LogP contribution in [0.5, 0.6) is 0 Å². The Morgan fingerprint density at radius 3 is 2.54 bits per heavy atom. The van der Waals surface area contributed by atoms with Gasteiger partial charge in [0.25, 0.3) is 5.91 Å². The highest BCUT2D eigenvalue weighted by Crippen LogP contribution is 2.28. The number of alkyl halides is 3. The molecule has 2 aromatic rings. The summed E-state index contributed by atoms with van der Waals surface area (Å²) in [5, 5.41) is 18.9. The third-order valence-corrected chi connectivity index (χ3v) is 4.04. The maximum absolute atomic E-state index is 12.6. The van der Waals surface area contributed by atoms with Crippen molar-refractivity contribution in [2.24, 2.45) is 7.05 Å². The van der Waals surface area contributed by atoms with Crippen LogP contribution in [0.15, 0.2) is 24.7 Å². The molecule has 12 heteroatoms. The van der Waals surface area contributed by atoms with Crippen molar-refractivity contribution in [1.82, 2.24) is 24.9 Å². The van der Waals surface area contributed by atoms with Gasteiger partial charge >= 0.3 is 12.1 Å². The van der Waals surface area contributed by atoms with Crippen molar-refractivity contribution in [2.45, 2.75) is 18.6 Å². The second-order valence-electron chi connectivity index (χ2n) is 5.94. The Balaban J connectivity index is 0.000000345. The lowest BCUT2D eigenvalue weighted by Gasteiger charge is -2.32. The van der Waals surface area contributed by atoms with Gasteiger partial charge in [0.2, 0.25) is 0 Å². The molecule has 1 aliphatic heterocycles. The van der Waals surface area contributed by atoms with E-state index >= 15 is 0 Å². The van der Waals surface area contributed by atoms with E-state index in [9.17, 15) is 18.0 Å². The summed E-state index contributed by atoms with van der Waals surface area (Å²) < 4.78 is 38.8. The summed E-state index contributed by atoms with van der Waals surface area (Å²) in [4.78, 5) is 23.3. The van der Waals surface area contributed by atoms with Crippen LogP contribution < -0.4 is 0 Å². The number of carboxylic acids is 1. The van der Waals surface area contributed by atoms with E-state index in [4.69, 9.17) is 14.6 Å². The summed E-state index contributed by atoms with van der Waals surface area (Å²) in [6.45, 7) is 1.73. The predicted molar refractivity (Wildman–Crippen MR) is 88.3 cm³/mol. The molecule has 28 heavy (non-hydrogen) atoms. The summed E-state index contributed by atoms with van der Waals surface area (Å²) in [6, 6.07) is 1.68. The van der Waals surface area contributed by atoms with Crippen molar-refractivity contribution in [2.75, 3.05) is 20.3 Å². The topological polar surface area (TPSA) is 110 Å². The van der Waals surface area contributed by atoms with Gasteiger partial charge in [-0.1, -0.05) is 0 Å². The molecule has 9 nitrogen and oxygen atoms in total. The maximum Gasteiger partial charge on any atom is 0.490 e. The third kappa shape index (κ3) is 5.03. The average molecular weight is 401 g/mol. The molecule has 1 atom stereocenters. The fourth-order valence-electron chi connectivity index (χ4n) is 2.72. The number of hydrogen-bond acceptors (Lipinski definition) is 6. The fraction of sp³-hybridized carbons (Fsp3) is 0.438. The molecule has 0 aromatic carbocycles. The van der Waals surface area contributed by atoms with Crippen LogP contribution in [-0.2, 0) is 23.1 Å². The van der Waals surface area contributed by atoms with Gasteiger partial charge < -0.3 is 14.7 Å². The lowest BCUT2D eigenvalue weighted by atomic mass is 9.95. The molecular weight excluding hydrogens is 383 g/mol. The lowest BCUT2D eigenvalue weighted by molar-refractivity contribution is -0.192. The number of ether oxygens (including phenoxy) is 1. The van der Waals surface area contributed by atoms with E-state index in [0.29, 0.717) is 25.3 Å². The standard InChI is InChI=1S/C14H17N5O2.C2HF3O2/c1-18-13-8-19(14(20)10-3-4-15-16-5-10)7-11(9-21-2)12(13)6-17-18;3-2(4,5)1(6)7/h3-6,11H,7-9H2,1-2H3;(H,6,7). The molecule has 1 aliphatic rings. The Labute approximate surface area is 157 Å². The van der Waals surface area contributed by atoms with Crippen LogP contribution >= 0.6 is 0 Å². The smallest absolute Gasteiger partial charge is 0.475 e. The van der Waals surface area contributed by atoms with Crippen molar-refractivity contribution in [3.8, 4) is 0 Å². The summed E-state index contributed by atoms with van der Waals surface area (Å²) >= 11 is 0. The van der Waals surface area contributed by atoms with Gasteiger partial charge in [-0.25, -0.2) is 4.79 Å². The zero-order chi connectivity index (χ0) is 20.9. The highest BCUT2D eigenvalue weighted by atomic mass is 19.4. The number of rotatable bonds is 3. The third-order valence-electron chi connectivity index (χ3n) is 4.04. The molecule has 0 spiro atoms. The van der Waals surface area contributed by atoms with Gasteiger partial charge in [-0.3, -0.25) is 9.48 Å². The maximum atomic E-state index is 12.6. The first kappa shape index (κ1) is 21.3. The zero-order valence-corrected chi connectivity index (χ0v) is 15.0. The number of aromatic nitrogens is 4. The zero-order valence-electron chi connectivity index (χ0n) is 15.0. The van der Waals surface area contributed by atoms with Crippen molar-refractivity contribution < 1.29 is 32.6 Å². The monoisotopic (exact) mass is 401 g/mol. The molecule has 0 aliphatic carbocycles. The minimum absolute atomic E-state index is 0.0437. The molecule has 1 unspecified atom stereocenters. The summed E-state index contributed by atoms with van der Waals surface area (Å²) in [7, 11) is 3.56. The molecule has 0 fully saturated rings. The van der Waals surface area contributed by atoms with Gasteiger partial charge in [0, 0.05) is 32.2 Å². The van der Waals surface area contributed by atoms with E-state index in [1.807, 2.05) is 22.8 Å². The molecule has 2 aromatic heterocycles. The molecule has 0 radical (unpaired) electrons. The van der Waals surface area contributed by atoms with Crippen LogP contribution in [0.2, 0.25) is 0 Å². The van der Waals surface area contributed by atoms with Crippen LogP contribution in [0.25, 0.3) is 0 Å². The van der Waals surface area contributed by atoms with Gasteiger partial charge in [-0.05, 0) is 6.07 Å². The second kappa shape index (κ2) is 8.78. The Kier molecular flexibility index (Phi) is 6.67. The number of carbonyl (C=O) groups excluding carboxylic acids is 1. The number of halogens is 3. The Bertz CT molecular complexity index is 825. The molecule has 0 bridgehead atoms. The van der Waals surface area contributed by atoms with E-state index in [0.717, 1.165) is 11.3 Å². The number of fused-ring (bicyclic) bond motifs is 1. The van der Waals surface area contributed by atoms with Crippen molar-refractivity contribution in [3.05, 3.63) is 41.5 Å². The summed E-state index contributed by atoms with van der Waals surface area (Å²) in [5.74, 6) is -2.66. The summed E-state index contributed by atoms with van der Waals surface area (Å²) in [6.07, 6.45) is -0.194. The molecule has 3 heterocycles. The highest BCUT2D eigenvalue weighted by molar-refractivity contribution is 5.93. The molecule has 0 saturated heterocycles. The molecular formula is C16H18F3N5O4. The number of methoxy groups -OCH3 is 1. The Morgan fingerprint density at radius 1 is 1.32 bits per heavy atom. The molecule has 0 saturated carbocycles. The first-order chi connectivity index (χ1) is 13.1. The van der Waals surface area contributed by atoms with E-state index in [1.54, 1.807) is 13.2 Å². The number of aryl methyl sites for hydroxylation is 1. The number of carboxylic acid groups (broad SMARTS) is 1. The quantitative estimate of drug-likeness (QED) is 0.824. The van der Waals surface area contributed by atoms with Gasteiger partial charge in [0.1, 0.15) is 0 Å². The number of carbonyl (C=O) groups is 2. The number of hydrogen-bond donors (Lipinski definition) is 1. The van der Waals surface area contributed by atoms with Crippen molar-refractivity contribution >= 4 is 11.9 Å². The first-order valence-corrected chi connectivity index (χ1v) is 8.01. The van der Waals surface area contributed by atoms with E-state index in [-0.39, 0.29) is 11.8 Å². The second-order valence-corrected chi connectivity index (χ2v) is 5.94. The van der Waals surface area contributed by atoms with E-state index < -0.39 is 12.1 Å². The average Bonchev–Trinajstić information content (AvgIpc) is 3.03. The normalized spacial score (nSPS) is 16.0. The SMILES string of the molecule is COCC1CN(C(=O)c2ccnnc2)Cc2c1cnn2C.O=C(O)C(F)(F)F. The number of nitrogens with zero attached hydrogens (tertiary/aromatic N) is 5. The number of amides is 1. The van der Waals surface area contributed by atoms with E-state index in [2.05, 4.69) is 15.3 Å². The predicted octanol–water partition coefficient (Wildman–Crippen LogP) is 1.23.